The Balaban J connectivity index is 2.04. The lowest BCUT2D eigenvalue weighted by Crippen LogP contribution is -2.40. The topological polar surface area (TPSA) is 67.6 Å². The summed E-state index contributed by atoms with van der Waals surface area (Å²) in [5.74, 6) is 4.93. The van der Waals surface area contributed by atoms with Gasteiger partial charge in [-0.2, -0.15) is 0 Å². The summed E-state index contributed by atoms with van der Waals surface area (Å²) in [5, 5.41) is 0. The first kappa shape index (κ1) is 13.5. The number of carbonyl (C=O) groups excluding carboxylic acids is 1. The fourth-order valence-electron chi connectivity index (χ4n) is 2.13. The van der Waals surface area contributed by atoms with Crippen molar-refractivity contribution in [2.24, 2.45) is 5.84 Å². The number of carbonyl (C=O) groups is 1. The molecule has 0 radical (unpaired) electrons. The third kappa shape index (κ3) is 3.08. The molecule has 1 unspecified atom stereocenters. The summed E-state index contributed by atoms with van der Waals surface area (Å²) < 4.78 is 5.52. The number of nitrogen functional groups attached to an aromatic ring is 1. The van der Waals surface area contributed by atoms with Crippen LogP contribution in [-0.2, 0) is 11.3 Å². The summed E-state index contributed by atoms with van der Waals surface area (Å²) >= 11 is 1.49. The molecule has 1 aromatic heterocycles. The maximum absolute atomic E-state index is 11.5. The van der Waals surface area contributed by atoms with Crippen LogP contribution in [-0.4, -0.2) is 36.6 Å². The van der Waals surface area contributed by atoms with Gasteiger partial charge in [0.25, 0.3) is 5.91 Å². The third-order valence-electron chi connectivity index (χ3n) is 3.09. The van der Waals surface area contributed by atoms with Crippen molar-refractivity contribution >= 4 is 17.2 Å². The quantitative estimate of drug-likeness (QED) is 0.485. The van der Waals surface area contributed by atoms with Gasteiger partial charge in [0.2, 0.25) is 0 Å². The van der Waals surface area contributed by atoms with Gasteiger partial charge in [-0.3, -0.25) is 15.1 Å². The lowest BCUT2D eigenvalue weighted by molar-refractivity contribution is -0.0212. The van der Waals surface area contributed by atoms with Crippen LogP contribution < -0.4 is 11.3 Å². The van der Waals surface area contributed by atoms with Gasteiger partial charge < -0.3 is 4.74 Å². The van der Waals surface area contributed by atoms with E-state index in [2.05, 4.69) is 17.2 Å². The van der Waals surface area contributed by atoms with Crippen molar-refractivity contribution in [2.45, 2.75) is 26.5 Å². The van der Waals surface area contributed by atoms with Gasteiger partial charge in [-0.25, -0.2) is 5.84 Å². The van der Waals surface area contributed by atoms with Crippen LogP contribution in [0.5, 0.6) is 0 Å². The monoisotopic (exact) mass is 269 g/mol. The molecule has 0 bridgehead atoms. The highest BCUT2D eigenvalue weighted by molar-refractivity contribution is 7.14. The zero-order valence-corrected chi connectivity index (χ0v) is 11.5. The molecule has 1 amide bonds. The van der Waals surface area contributed by atoms with E-state index in [9.17, 15) is 4.79 Å². The molecular weight excluding hydrogens is 250 g/mol. The molecule has 2 heterocycles. The summed E-state index contributed by atoms with van der Waals surface area (Å²) in [7, 11) is 0. The number of nitrogens with two attached hydrogens (primary N) is 1. The molecule has 0 aliphatic carbocycles. The fourth-order valence-corrected chi connectivity index (χ4v) is 3.07. The molecule has 1 fully saturated rings. The van der Waals surface area contributed by atoms with Gasteiger partial charge in [0, 0.05) is 24.5 Å². The second-order valence-corrected chi connectivity index (χ2v) is 5.84. The molecule has 1 aliphatic heterocycles. The highest BCUT2D eigenvalue weighted by atomic mass is 32.1. The highest BCUT2D eigenvalue weighted by Gasteiger charge is 2.19. The van der Waals surface area contributed by atoms with E-state index in [1.165, 1.54) is 21.8 Å². The van der Waals surface area contributed by atoms with Gasteiger partial charge in [0.1, 0.15) is 0 Å². The zero-order chi connectivity index (χ0) is 13.1. The molecular formula is C12H19N3O2S. The SMILES string of the molecule is Cc1sc(C(=O)NN)cc1CN1CCOC(C)C1. The number of aryl methyl sites for hydroxylation is 1. The number of hydrazine groups is 1. The third-order valence-corrected chi connectivity index (χ3v) is 4.19. The number of amides is 1. The van der Waals surface area contributed by atoms with Crippen molar-refractivity contribution in [2.75, 3.05) is 19.7 Å². The van der Waals surface area contributed by atoms with Crippen LogP contribution in [0.25, 0.3) is 0 Å². The predicted octanol–water partition coefficient (Wildman–Crippen LogP) is 0.881. The maximum Gasteiger partial charge on any atom is 0.275 e. The van der Waals surface area contributed by atoms with Crippen molar-refractivity contribution in [1.29, 1.82) is 0 Å². The number of rotatable bonds is 3. The number of morpholine rings is 1. The van der Waals surface area contributed by atoms with Crippen LogP contribution in [0.4, 0.5) is 0 Å². The van der Waals surface area contributed by atoms with Gasteiger partial charge in [-0.05, 0) is 25.5 Å². The van der Waals surface area contributed by atoms with E-state index >= 15 is 0 Å². The van der Waals surface area contributed by atoms with E-state index in [1.54, 1.807) is 0 Å². The van der Waals surface area contributed by atoms with Crippen LogP contribution in [0.1, 0.15) is 27.0 Å². The molecule has 100 valence electrons. The van der Waals surface area contributed by atoms with Crippen molar-refractivity contribution < 1.29 is 9.53 Å². The number of hydrogen-bond donors (Lipinski definition) is 2. The molecule has 6 heteroatoms. The highest BCUT2D eigenvalue weighted by Crippen LogP contribution is 2.23. The first-order valence-corrected chi connectivity index (χ1v) is 6.86. The standard InChI is InChI=1S/C12H19N3O2S/c1-8-6-15(3-4-17-8)7-10-5-11(12(16)14-13)18-9(10)2/h5,8H,3-4,6-7,13H2,1-2H3,(H,14,16). The molecule has 0 aromatic carbocycles. The van der Waals surface area contributed by atoms with Crippen molar-refractivity contribution in [1.82, 2.24) is 10.3 Å². The van der Waals surface area contributed by atoms with Crippen LogP contribution in [0, 0.1) is 6.92 Å². The Morgan fingerprint density at radius 3 is 3.17 bits per heavy atom. The van der Waals surface area contributed by atoms with Gasteiger partial charge in [-0.1, -0.05) is 0 Å². The smallest absolute Gasteiger partial charge is 0.275 e. The first-order valence-electron chi connectivity index (χ1n) is 6.04. The van der Waals surface area contributed by atoms with E-state index in [0.29, 0.717) is 4.88 Å². The molecule has 1 aromatic rings. The van der Waals surface area contributed by atoms with Crippen LogP contribution >= 0.6 is 11.3 Å². The summed E-state index contributed by atoms with van der Waals surface area (Å²) in [5.41, 5.74) is 3.37. The molecule has 2 rings (SSSR count). The summed E-state index contributed by atoms with van der Waals surface area (Å²) in [4.78, 5) is 15.7. The van der Waals surface area contributed by atoms with E-state index in [1.807, 2.05) is 13.0 Å². The molecule has 0 spiro atoms. The number of nitrogens with zero attached hydrogens (tertiary/aromatic N) is 1. The van der Waals surface area contributed by atoms with Crippen LogP contribution in [0.2, 0.25) is 0 Å². The zero-order valence-electron chi connectivity index (χ0n) is 10.7. The number of ether oxygens (including phenoxy) is 1. The van der Waals surface area contributed by atoms with E-state index < -0.39 is 0 Å². The second-order valence-electron chi connectivity index (χ2n) is 4.58. The first-order chi connectivity index (χ1) is 8.60. The van der Waals surface area contributed by atoms with Gasteiger partial charge >= 0.3 is 0 Å². The Morgan fingerprint density at radius 2 is 2.50 bits per heavy atom. The van der Waals surface area contributed by atoms with Gasteiger partial charge in [0.05, 0.1) is 17.6 Å². The fraction of sp³-hybridized carbons (Fsp3) is 0.583. The second kappa shape index (κ2) is 5.79. The molecule has 18 heavy (non-hydrogen) atoms. The van der Waals surface area contributed by atoms with Crippen LogP contribution in [0.15, 0.2) is 6.07 Å². The molecule has 1 aliphatic rings. The Kier molecular flexibility index (Phi) is 4.34. The van der Waals surface area contributed by atoms with Gasteiger partial charge in [-0.15, -0.1) is 11.3 Å². The summed E-state index contributed by atoms with van der Waals surface area (Å²) in [6.07, 6.45) is 0.282. The van der Waals surface area contributed by atoms with Crippen molar-refractivity contribution in [3.8, 4) is 0 Å². The lowest BCUT2D eigenvalue weighted by atomic mass is 10.2. The predicted molar refractivity (Wildman–Crippen MR) is 71.4 cm³/mol. The molecule has 3 N–H and O–H groups in total. The summed E-state index contributed by atoms with van der Waals surface area (Å²) in [6.45, 7) is 7.65. The lowest BCUT2D eigenvalue weighted by Gasteiger charge is -2.30. The Labute approximate surface area is 111 Å². The molecule has 0 saturated carbocycles. The van der Waals surface area contributed by atoms with Gasteiger partial charge in [0.15, 0.2) is 0 Å². The minimum absolute atomic E-state index is 0.218. The minimum Gasteiger partial charge on any atom is -0.376 e. The Hall–Kier alpha value is -0.950. The van der Waals surface area contributed by atoms with E-state index in [0.717, 1.165) is 26.2 Å². The van der Waals surface area contributed by atoms with Crippen LogP contribution in [0.3, 0.4) is 0 Å². The average Bonchev–Trinajstić information content (AvgIpc) is 2.70. The molecule has 1 atom stereocenters. The normalized spacial score (nSPS) is 20.9. The molecule has 5 nitrogen and oxygen atoms in total. The number of hydrogen-bond acceptors (Lipinski definition) is 5. The van der Waals surface area contributed by atoms with Crippen molar-refractivity contribution in [3.05, 3.63) is 21.4 Å². The van der Waals surface area contributed by atoms with Crippen molar-refractivity contribution in [3.63, 3.8) is 0 Å². The molecule has 1 saturated heterocycles. The Bertz CT molecular complexity index is 433. The minimum atomic E-state index is -0.218. The Morgan fingerprint density at radius 1 is 1.72 bits per heavy atom. The van der Waals surface area contributed by atoms with E-state index in [4.69, 9.17) is 10.6 Å². The average molecular weight is 269 g/mol. The maximum atomic E-state index is 11.5. The summed E-state index contributed by atoms with van der Waals surface area (Å²) in [6, 6.07) is 1.93. The largest absolute Gasteiger partial charge is 0.376 e. The van der Waals surface area contributed by atoms with E-state index in [-0.39, 0.29) is 12.0 Å². The number of nitrogens with one attached hydrogen (secondary N) is 1. The number of thiophene rings is 1.